The Hall–Kier alpha value is -0.410. The molecule has 0 fully saturated rings. The van der Waals surface area contributed by atoms with Crippen LogP contribution in [0.1, 0.15) is 32.4 Å². The van der Waals surface area contributed by atoms with Gasteiger partial charge in [0.2, 0.25) is 0 Å². The van der Waals surface area contributed by atoms with Crippen LogP contribution in [0.5, 0.6) is 0 Å². The fourth-order valence-corrected chi connectivity index (χ4v) is 1.55. The van der Waals surface area contributed by atoms with Crippen LogP contribution in [0.25, 0.3) is 0 Å². The number of hydrogen-bond acceptors (Lipinski definition) is 1. The molecule has 1 aromatic carbocycles. The van der Waals surface area contributed by atoms with E-state index in [0.29, 0.717) is 5.56 Å². The maximum absolute atomic E-state index is 13.5. The number of nitrogens with two attached hydrogens (primary N) is 1. The summed E-state index contributed by atoms with van der Waals surface area (Å²) in [4.78, 5) is 0. The third-order valence-corrected chi connectivity index (χ3v) is 2.72. The van der Waals surface area contributed by atoms with E-state index in [0.717, 1.165) is 4.47 Å². The maximum atomic E-state index is 13.5. The summed E-state index contributed by atoms with van der Waals surface area (Å²) in [6.45, 7) is 6.00. The Labute approximate surface area is 92.6 Å². The van der Waals surface area contributed by atoms with Crippen LogP contribution in [0.15, 0.2) is 22.7 Å². The second-order valence-electron chi connectivity index (χ2n) is 4.51. The van der Waals surface area contributed by atoms with E-state index in [1.54, 1.807) is 6.07 Å². The van der Waals surface area contributed by atoms with E-state index in [9.17, 15) is 4.39 Å². The molecule has 2 N–H and O–H groups in total. The van der Waals surface area contributed by atoms with Gasteiger partial charge in [-0.2, -0.15) is 0 Å². The molecule has 1 aromatic rings. The van der Waals surface area contributed by atoms with Gasteiger partial charge in [-0.3, -0.25) is 0 Å². The maximum Gasteiger partial charge on any atom is 0.129 e. The Bertz CT molecular complexity index is 331. The van der Waals surface area contributed by atoms with Crippen molar-refractivity contribution in [2.45, 2.75) is 26.8 Å². The molecule has 14 heavy (non-hydrogen) atoms. The van der Waals surface area contributed by atoms with Gasteiger partial charge < -0.3 is 5.73 Å². The largest absolute Gasteiger partial charge is 0.323 e. The smallest absolute Gasteiger partial charge is 0.129 e. The fraction of sp³-hybridized carbons (Fsp3) is 0.455. The predicted molar refractivity (Wildman–Crippen MR) is 60.5 cm³/mol. The van der Waals surface area contributed by atoms with Crippen molar-refractivity contribution in [2.24, 2.45) is 11.1 Å². The van der Waals surface area contributed by atoms with E-state index in [4.69, 9.17) is 5.73 Å². The SMILES string of the molecule is CC(C)(C)[C@@H](N)c1ccc(Br)cc1F. The number of halogens is 2. The average Bonchev–Trinajstić information content (AvgIpc) is 2.01. The second kappa shape index (κ2) is 3.99. The molecule has 1 nitrogen and oxygen atoms in total. The molecule has 0 unspecified atom stereocenters. The van der Waals surface area contributed by atoms with Crippen LogP contribution in [-0.2, 0) is 0 Å². The minimum Gasteiger partial charge on any atom is -0.323 e. The zero-order valence-corrected chi connectivity index (χ0v) is 10.2. The van der Waals surface area contributed by atoms with Crippen molar-refractivity contribution >= 4 is 15.9 Å². The first kappa shape index (κ1) is 11.7. The Morgan fingerprint density at radius 3 is 2.36 bits per heavy atom. The summed E-state index contributed by atoms with van der Waals surface area (Å²) in [5.74, 6) is -0.248. The molecular weight excluding hydrogens is 245 g/mol. The fourth-order valence-electron chi connectivity index (χ4n) is 1.22. The molecule has 3 heteroatoms. The first-order valence-electron chi connectivity index (χ1n) is 4.53. The highest BCUT2D eigenvalue weighted by molar-refractivity contribution is 9.10. The highest BCUT2D eigenvalue weighted by atomic mass is 79.9. The van der Waals surface area contributed by atoms with Crippen molar-refractivity contribution in [3.63, 3.8) is 0 Å². The van der Waals surface area contributed by atoms with Crippen LogP contribution in [0.3, 0.4) is 0 Å². The molecule has 1 rings (SSSR count). The van der Waals surface area contributed by atoms with Crippen LogP contribution in [0.2, 0.25) is 0 Å². The van der Waals surface area contributed by atoms with Crippen molar-refractivity contribution in [2.75, 3.05) is 0 Å². The minimum atomic E-state index is -0.282. The quantitative estimate of drug-likeness (QED) is 0.819. The highest BCUT2D eigenvalue weighted by Gasteiger charge is 2.24. The zero-order valence-electron chi connectivity index (χ0n) is 8.64. The highest BCUT2D eigenvalue weighted by Crippen LogP contribution is 2.32. The van der Waals surface area contributed by atoms with Gasteiger partial charge in [-0.05, 0) is 17.5 Å². The van der Waals surface area contributed by atoms with E-state index in [2.05, 4.69) is 15.9 Å². The summed E-state index contributed by atoms with van der Waals surface area (Å²) in [6.07, 6.45) is 0. The van der Waals surface area contributed by atoms with Gasteiger partial charge in [0.1, 0.15) is 5.82 Å². The summed E-state index contributed by atoms with van der Waals surface area (Å²) in [5, 5.41) is 0. The summed E-state index contributed by atoms with van der Waals surface area (Å²) >= 11 is 3.22. The van der Waals surface area contributed by atoms with E-state index in [1.165, 1.54) is 6.07 Å². The van der Waals surface area contributed by atoms with Crippen LogP contribution >= 0.6 is 15.9 Å². The van der Waals surface area contributed by atoms with Crippen LogP contribution in [0.4, 0.5) is 4.39 Å². The summed E-state index contributed by atoms with van der Waals surface area (Å²) in [6, 6.07) is 4.70. The molecule has 0 saturated carbocycles. The number of hydrogen-bond donors (Lipinski definition) is 1. The first-order chi connectivity index (χ1) is 6.32. The van der Waals surface area contributed by atoms with Gasteiger partial charge in [0.25, 0.3) is 0 Å². The molecule has 78 valence electrons. The normalized spacial score (nSPS) is 14.1. The predicted octanol–water partition coefficient (Wildman–Crippen LogP) is 3.63. The summed E-state index contributed by atoms with van der Waals surface area (Å²) < 4.78 is 14.3. The van der Waals surface area contributed by atoms with Crippen molar-refractivity contribution < 1.29 is 4.39 Å². The van der Waals surface area contributed by atoms with E-state index in [1.807, 2.05) is 26.8 Å². The van der Waals surface area contributed by atoms with Crippen LogP contribution in [0, 0.1) is 11.2 Å². The lowest BCUT2D eigenvalue weighted by molar-refractivity contribution is 0.319. The molecular formula is C11H15BrFN. The minimum absolute atomic E-state index is 0.130. The van der Waals surface area contributed by atoms with Gasteiger partial charge in [-0.1, -0.05) is 42.8 Å². The molecule has 0 radical (unpaired) electrons. The van der Waals surface area contributed by atoms with E-state index >= 15 is 0 Å². The Morgan fingerprint density at radius 1 is 1.36 bits per heavy atom. The molecule has 0 aliphatic rings. The van der Waals surface area contributed by atoms with Gasteiger partial charge in [-0.15, -0.1) is 0 Å². The molecule has 0 aliphatic carbocycles. The van der Waals surface area contributed by atoms with Crippen molar-refractivity contribution in [3.05, 3.63) is 34.1 Å². The third kappa shape index (κ3) is 2.55. The molecule has 1 atom stereocenters. The molecule has 0 aromatic heterocycles. The van der Waals surface area contributed by atoms with Gasteiger partial charge in [0, 0.05) is 16.1 Å². The molecule has 0 amide bonds. The standard InChI is InChI=1S/C11H15BrFN/c1-11(2,3)10(14)8-5-4-7(12)6-9(8)13/h4-6,10H,14H2,1-3H3/t10-/m0/s1. The molecule has 0 aliphatic heterocycles. The van der Waals surface area contributed by atoms with Gasteiger partial charge >= 0.3 is 0 Å². The molecule has 0 heterocycles. The second-order valence-corrected chi connectivity index (χ2v) is 5.43. The number of rotatable bonds is 1. The lowest BCUT2D eigenvalue weighted by atomic mass is 9.83. The Morgan fingerprint density at radius 2 is 1.93 bits per heavy atom. The van der Waals surface area contributed by atoms with E-state index in [-0.39, 0.29) is 17.3 Å². The lowest BCUT2D eigenvalue weighted by Crippen LogP contribution is -2.27. The van der Waals surface area contributed by atoms with Gasteiger partial charge in [0.15, 0.2) is 0 Å². The molecule has 0 bridgehead atoms. The number of benzene rings is 1. The summed E-state index contributed by atoms with van der Waals surface area (Å²) in [5.41, 5.74) is 6.41. The van der Waals surface area contributed by atoms with E-state index < -0.39 is 0 Å². The third-order valence-electron chi connectivity index (χ3n) is 2.23. The van der Waals surface area contributed by atoms with Gasteiger partial charge in [-0.25, -0.2) is 4.39 Å². The first-order valence-corrected chi connectivity index (χ1v) is 5.32. The van der Waals surface area contributed by atoms with Crippen LogP contribution < -0.4 is 5.73 Å². The lowest BCUT2D eigenvalue weighted by Gasteiger charge is -2.27. The Kier molecular flexibility index (Phi) is 3.32. The molecule has 0 spiro atoms. The molecule has 0 saturated heterocycles. The monoisotopic (exact) mass is 259 g/mol. The zero-order chi connectivity index (χ0) is 10.9. The Balaban J connectivity index is 3.08. The van der Waals surface area contributed by atoms with Gasteiger partial charge in [0.05, 0.1) is 0 Å². The topological polar surface area (TPSA) is 26.0 Å². The van der Waals surface area contributed by atoms with Crippen molar-refractivity contribution in [3.8, 4) is 0 Å². The van der Waals surface area contributed by atoms with Crippen LogP contribution in [-0.4, -0.2) is 0 Å². The average molecular weight is 260 g/mol. The van der Waals surface area contributed by atoms with Crippen molar-refractivity contribution in [1.82, 2.24) is 0 Å². The summed E-state index contributed by atoms with van der Waals surface area (Å²) in [7, 11) is 0. The van der Waals surface area contributed by atoms with Crippen molar-refractivity contribution in [1.29, 1.82) is 0 Å².